The van der Waals surface area contributed by atoms with Gasteiger partial charge in [0, 0.05) is 46.3 Å². The molecule has 3 nitrogen and oxygen atoms in total. The average molecular weight is 408 g/mol. The maximum Gasteiger partial charge on any atom is 0.216 e. The Morgan fingerprint density at radius 2 is 1.77 bits per heavy atom. The number of nitrogens with zero attached hydrogens (tertiary/aromatic N) is 2. The zero-order chi connectivity index (χ0) is 30.3. The molecule has 0 radical (unpaired) electrons. The van der Waals surface area contributed by atoms with E-state index in [1.54, 1.807) is 43.7 Å². The van der Waals surface area contributed by atoms with Crippen LogP contribution in [0.2, 0.25) is 0 Å². The summed E-state index contributed by atoms with van der Waals surface area (Å²) < 4.78 is 90.9. The molecule has 2 unspecified atom stereocenters. The first kappa shape index (κ1) is 11.3. The third-order valence-electron chi connectivity index (χ3n) is 5.49. The van der Waals surface area contributed by atoms with Crippen molar-refractivity contribution in [3.05, 3.63) is 70.2 Å². The second-order valence-corrected chi connectivity index (χ2v) is 7.55. The molecule has 2 heterocycles. The highest BCUT2D eigenvalue weighted by molar-refractivity contribution is 6.11. The average Bonchev–Trinajstić information content (AvgIpc) is 3.20. The third-order valence-corrected chi connectivity index (χ3v) is 5.49. The first-order valence-electron chi connectivity index (χ1n) is 14.6. The molecule has 0 saturated heterocycles. The molecule has 0 amide bonds. The lowest BCUT2D eigenvalue weighted by Gasteiger charge is -2.11. The zero-order valence-corrected chi connectivity index (χ0v) is 17.6. The molecule has 0 saturated carbocycles. The quantitative estimate of drug-likeness (QED) is 0.254. The molecule has 4 aromatic rings. The smallest absolute Gasteiger partial charge is 0.216 e. The Kier molecular flexibility index (Phi) is 2.75. The van der Waals surface area contributed by atoms with Crippen LogP contribution in [-0.4, -0.2) is 0 Å². The molecule has 152 valence electrons. The van der Waals surface area contributed by atoms with Crippen molar-refractivity contribution < 1.29 is 22.7 Å². The Morgan fingerprint density at radius 1 is 1.07 bits per heavy atom. The molecule has 0 fully saturated rings. The van der Waals surface area contributed by atoms with E-state index in [-0.39, 0.29) is 45.8 Å². The molecule has 2 aromatic heterocycles. The van der Waals surface area contributed by atoms with E-state index in [0.717, 1.165) is 0 Å². The number of pyridine rings is 1. The van der Waals surface area contributed by atoms with Crippen molar-refractivity contribution in [2.75, 3.05) is 0 Å². The lowest BCUT2D eigenvalue weighted by Crippen LogP contribution is -2.35. The number of aryl methyl sites for hydroxylation is 1. The fraction of sp³-hybridized carbons (Fsp3) is 0.333. The van der Waals surface area contributed by atoms with Gasteiger partial charge >= 0.3 is 0 Å². The Hall–Kier alpha value is -3.12. The summed E-state index contributed by atoms with van der Waals surface area (Å²) in [6, 6.07) is 6.13. The van der Waals surface area contributed by atoms with Crippen molar-refractivity contribution in [1.29, 1.82) is 0 Å². The van der Waals surface area contributed by atoms with Crippen LogP contribution in [0.1, 0.15) is 75.4 Å². The van der Waals surface area contributed by atoms with Gasteiger partial charge in [0.05, 0.1) is 14.9 Å². The van der Waals surface area contributed by atoms with Gasteiger partial charge in [-0.3, -0.25) is 0 Å². The Morgan fingerprint density at radius 3 is 2.47 bits per heavy atom. The second-order valence-electron chi connectivity index (χ2n) is 7.55. The maximum absolute atomic E-state index is 9.10. The van der Waals surface area contributed by atoms with E-state index < -0.39 is 25.5 Å². The highest BCUT2D eigenvalue weighted by Gasteiger charge is 2.25. The van der Waals surface area contributed by atoms with E-state index in [4.69, 9.17) is 24.7 Å². The van der Waals surface area contributed by atoms with Gasteiger partial charge < -0.3 is 4.42 Å². The van der Waals surface area contributed by atoms with Gasteiger partial charge in [-0.1, -0.05) is 51.8 Å². The van der Waals surface area contributed by atoms with Crippen LogP contribution in [0.3, 0.4) is 0 Å². The fourth-order valence-corrected chi connectivity index (χ4v) is 3.83. The van der Waals surface area contributed by atoms with Gasteiger partial charge in [-0.05, 0) is 29.8 Å². The predicted octanol–water partition coefficient (Wildman–Crippen LogP) is 7.49. The number of furan rings is 1. The van der Waals surface area contributed by atoms with E-state index in [1.807, 2.05) is 0 Å². The van der Waals surface area contributed by atoms with Gasteiger partial charge in [-0.15, -0.1) is 0 Å². The van der Waals surface area contributed by atoms with Gasteiger partial charge in [-0.2, -0.15) is 4.57 Å². The van der Waals surface area contributed by atoms with Gasteiger partial charge in [0.1, 0.15) is 18.2 Å². The van der Waals surface area contributed by atoms with Crippen LogP contribution in [0.4, 0.5) is 5.69 Å². The summed E-state index contributed by atoms with van der Waals surface area (Å²) in [6.45, 7) is 7.81. The number of fused-ring (bicyclic) bond motifs is 3. The summed E-state index contributed by atoms with van der Waals surface area (Å²) in [4.78, 5) is 3.47. The summed E-state index contributed by atoms with van der Waals surface area (Å²) in [7, 11) is 1.64. The minimum atomic E-state index is -2.82. The second kappa shape index (κ2) is 7.29. The van der Waals surface area contributed by atoms with E-state index in [1.165, 1.54) is 19.9 Å². The Balaban J connectivity index is 2.23. The zero-order valence-electron chi connectivity index (χ0n) is 27.6. The lowest BCUT2D eigenvalue weighted by atomic mass is 9.95. The molecule has 2 aromatic carbocycles. The molecule has 4 rings (SSSR count). The van der Waals surface area contributed by atoms with E-state index in [0.29, 0.717) is 27.6 Å². The number of benzene rings is 2. The summed E-state index contributed by atoms with van der Waals surface area (Å²) in [5.41, 5.74) is 1.60. The van der Waals surface area contributed by atoms with Crippen molar-refractivity contribution in [1.82, 2.24) is 0 Å². The third kappa shape index (κ3) is 2.99. The Labute approximate surface area is 192 Å². The van der Waals surface area contributed by atoms with E-state index in [9.17, 15) is 0 Å². The molecular formula is C27H29N2O+. The number of hydrogen-bond donors (Lipinski definition) is 0. The largest absolute Gasteiger partial charge is 0.456 e. The SMILES string of the molecule is [2H]c1c(C([2H])(C)C([2H])([2H])[2H])c([2H])c(-c2c(C)ccc3c2oc2c(C([2H])(C)C([2H])([2H])[2H])c([N+]#[C-])ccc23)[n+](C)c1C. The number of hydrogen-bond acceptors (Lipinski definition) is 1. The molecule has 0 aliphatic rings. The summed E-state index contributed by atoms with van der Waals surface area (Å²) in [6.07, 6.45) is 0. The summed E-state index contributed by atoms with van der Waals surface area (Å²) in [5.74, 6) is -4.43. The van der Waals surface area contributed by atoms with E-state index >= 15 is 0 Å². The summed E-state index contributed by atoms with van der Waals surface area (Å²) >= 11 is 0. The first-order valence-corrected chi connectivity index (χ1v) is 9.57. The minimum Gasteiger partial charge on any atom is -0.456 e. The van der Waals surface area contributed by atoms with Crippen LogP contribution in [0.25, 0.3) is 38.0 Å². The maximum atomic E-state index is 9.10. The standard InChI is InChI=1S/C27H29N2O/c1-15(2)19-13-18(6)29(8)23(14-19)25-17(5)9-10-20-21-11-12-22(28-7)24(16(3)4)26(21)30-27(20)25/h9-16H,1-6,8H3/q+1/i1D3,3D3,13D,14D,15D,16D. The van der Waals surface area contributed by atoms with Gasteiger partial charge in [0.2, 0.25) is 5.69 Å². The monoisotopic (exact) mass is 407 g/mol. The molecule has 0 aliphatic carbocycles. The van der Waals surface area contributed by atoms with Crippen LogP contribution < -0.4 is 4.57 Å². The van der Waals surface area contributed by atoms with Crippen LogP contribution in [0, 0.1) is 20.4 Å². The molecule has 0 aliphatic heterocycles. The van der Waals surface area contributed by atoms with Gasteiger partial charge in [0.15, 0.2) is 11.4 Å². The normalized spacial score (nSPS) is 21.3. The van der Waals surface area contributed by atoms with Crippen molar-refractivity contribution in [3.8, 4) is 11.3 Å². The number of aromatic nitrogens is 1. The highest BCUT2D eigenvalue weighted by atomic mass is 16.3. The van der Waals surface area contributed by atoms with Crippen molar-refractivity contribution in [2.45, 2.75) is 53.2 Å². The topological polar surface area (TPSA) is 21.4 Å². The Bertz CT molecular complexity index is 1740. The van der Waals surface area contributed by atoms with Crippen molar-refractivity contribution >= 4 is 27.6 Å². The summed E-state index contributed by atoms with van der Waals surface area (Å²) in [5, 5.41) is 1.03. The first-order chi connectivity index (χ1) is 18.2. The number of rotatable bonds is 3. The van der Waals surface area contributed by atoms with E-state index in [2.05, 4.69) is 4.85 Å². The molecular weight excluding hydrogens is 368 g/mol. The highest BCUT2D eigenvalue weighted by Crippen LogP contribution is 2.42. The van der Waals surface area contributed by atoms with Gasteiger partial charge in [0.25, 0.3) is 0 Å². The van der Waals surface area contributed by atoms with Crippen LogP contribution in [0.5, 0.6) is 0 Å². The van der Waals surface area contributed by atoms with Crippen molar-refractivity contribution in [2.24, 2.45) is 7.05 Å². The molecule has 3 heteroatoms. The molecule has 0 bridgehead atoms. The molecule has 2 atom stereocenters. The van der Waals surface area contributed by atoms with Crippen LogP contribution in [-0.2, 0) is 7.05 Å². The van der Waals surface area contributed by atoms with Crippen molar-refractivity contribution in [3.63, 3.8) is 0 Å². The van der Waals surface area contributed by atoms with Crippen LogP contribution >= 0.6 is 0 Å². The minimum absolute atomic E-state index is 0.0236. The van der Waals surface area contributed by atoms with Gasteiger partial charge in [-0.25, -0.2) is 4.85 Å². The molecule has 0 N–H and O–H groups in total. The fourth-order valence-electron chi connectivity index (χ4n) is 3.83. The lowest BCUT2D eigenvalue weighted by molar-refractivity contribution is -0.666. The molecule has 30 heavy (non-hydrogen) atoms. The predicted molar refractivity (Wildman–Crippen MR) is 124 cm³/mol. The molecule has 0 spiro atoms. The van der Waals surface area contributed by atoms with Crippen LogP contribution in [0.15, 0.2) is 40.8 Å².